The van der Waals surface area contributed by atoms with E-state index >= 15 is 0 Å². The lowest BCUT2D eigenvalue weighted by Crippen LogP contribution is -2.48. The first-order chi connectivity index (χ1) is 10.6. The molecule has 114 valence electrons. The molecule has 0 aliphatic carbocycles. The molecule has 3 rings (SSSR count). The van der Waals surface area contributed by atoms with Crippen LogP contribution in [0.15, 0.2) is 42.7 Å². The minimum atomic E-state index is -0.734. The van der Waals surface area contributed by atoms with E-state index < -0.39 is 11.6 Å². The molecule has 1 saturated heterocycles. The summed E-state index contributed by atoms with van der Waals surface area (Å²) in [6.45, 7) is 2.42. The van der Waals surface area contributed by atoms with E-state index in [9.17, 15) is 13.6 Å². The largest absolute Gasteiger partial charge is 0.368 e. The molecular weight excluding hydrogens is 288 g/mol. The summed E-state index contributed by atoms with van der Waals surface area (Å²) in [6, 6.07) is 6.86. The van der Waals surface area contributed by atoms with E-state index in [1.165, 1.54) is 0 Å². The SMILES string of the molecule is O=C(c1cc(F)cc(F)c1)N1CCN(c2cc[nH+]cc2)CC1. The van der Waals surface area contributed by atoms with Crippen LogP contribution in [-0.4, -0.2) is 37.0 Å². The molecular formula is C16H16F2N3O+. The summed E-state index contributed by atoms with van der Waals surface area (Å²) in [7, 11) is 0. The van der Waals surface area contributed by atoms with Gasteiger partial charge in [0, 0.05) is 55.6 Å². The number of amides is 1. The molecule has 1 amide bonds. The third-order valence-electron chi connectivity index (χ3n) is 3.74. The average molecular weight is 304 g/mol. The monoisotopic (exact) mass is 304 g/mol. The lowest BCUT2D eigenvalue weighted by atomic mass is 10.1. The second-order valence-electron chi connectivity index (χ2n) is 5.20. The van der Waals surface area contributed by atoms with E-state index in [0.29, 0.717) is 26.2 Å². The van der Waals surface area contributed by atoms with Gasteiger partial charge in [0.1, 0.15) is 11.6 Å². The Hall–Kier alpha value is -2.50. The van der Waals surface area contributed by atoms with Gasteiger partial charge in [-0.25, -0.2) is 13.8 Å². The number of hydrogen-bond acceptors (Lipinski definition) is 2. The first-order valence-electron chi connectivity index (χ1n) is 7.10. The van der Waals surface area contributed by atoms with Crippen molar-refractivity contribution in [1.82, 2.24) is 4.90 Å². The molecule has 0 radical (unpaired) electrons. The summed E-state index contributed by atoms with van der Waals surface area (Å²) < 4.78 is 26.4. The van der Waals surface area contributed by atoms with Crippen molar-refractivity contribution in [2.24, 2.45) is 0 Å². The van der Waals surface area contributed by atoms with Gasteiger partial charge in [-0.2, -0.15) is 0 Å². The normalized spacial score (nSPS) is 15.0. The number of piperazine rings is 1. The molecule has 4 nitrogen and oxygen atoms in total. The lowest BCUT2D eigenvalue weighted by molar-refractivity contribution is -0.377. The van der Waals surface area contributed by atoms with Gasteiger partial charge in [-0.05, 0) is 12.1 Å². The van der Waals surface area contributed by atoms with Gasteiger partial charge in [0.15, 0.2) is 12.4 Å². The van der Waals surface area contributed by atoms with Gasteiger partial charge in [-0.15, -0.1) is 0 Å². The maximum atomic E-state index is 13.2. The second kappa shape index (κ2) is 6.09. The number of anilines is 1. The third kappa shape index (κ3) is 3.05. The smallest absolute Gasteiger partial charge is 0.254 e. The molecule has 22 heavy (non-hydrogen) atoms. The molecule has 0 bridgehead atoms. The second-order valence-corrected chi connectivity index (χ2v) is 5.20. The number of H-pyrrole nitrogens is 1. The van der Waals surface area contributed by atoms with Crippen LogP contribution in [0, 0.1) is 11.6 Å². The third-order valence-corrected chi connectivity index (χ3v) is 3.74. The van der Waals surface area contributed by atoms with Crippen LogP contribution in [0.5, 0.6) is 0 Å². The van der Waals surface area contributed by atoms with Crippen molar-refractivity contribution >= 4 is 11.6 Å². The number of carbonyl (C=O) groups excluding carboxylic acids is 1. The molecule has 2 heterocycles. The molecule has 1 N–H and O–H groups in total. The van der Waals surface area contributed by atoms with E-state index in [4.69, 9.17) is 0 Å². The van der Waals surface area contributed by atoms with Gasteiger partial charge in [-0.3, -0.25) is 4.79 Å². The highest BCUT2D eigenvalue weighted by Crippen LogP contribution is 2.16. The van der Waals surface area contributed by atoms with Gasteiger partial charge in [0.2, 0.25) is 0 Å². The Bertz CT molecular complexity index is 650. The molecule has 0 unspecified atom stereocenters. The molecule has 1 aliphatic rings. The molecule has 2 aromatic rings. The summed E-state index contributed by atoms with van der Waals surface area (Å²) in [5.41, 5.74) is 1.14. The maximum Gasteiger partial charge on any atom is 0.254 e. The van der Waals surface area contributed by atoms with E-state index in [1.54, 1.807) is 4.90 Å². The number of pyridine rings is 1. The lowest BCUT2D eigenvalue weighted by Gasteiger charge is -2.35. The quantitative estimate of drug-likeness (QED) is 0.847. The number of halogens is 2. The Morgan fingerprint density at radius 1 is 0.955 bits per heavy atom. The molecule has 1 aromatic carbocycles. The number of nitrogens with zero attached hydrogens (tertiary/aromatic N) is 2. The first kappa shape index (κ1) is 14.4. The predicted molar refractivity (Wildman–Crippen MR) is 77.5 cm³/mol. The summed E-state index contributed by atoms with van der Waals surface area (Å²) in [5, 5.41) is 0. The number of carbonyl (C=O) groups is 1. The molecule has 1 aromatic heterocycles. The van der Waals surface area contributed by atoms with Gasteiger partial charge < -0.3 is 9.80 Å². The van der Waals surface area contributed by atoms with Crippen molar-refractivity contribution in [3.63, 3.8) is 0 Å². The number of benzene rings is 1. The van der Waals surface area contributed by atoms with E-state index in [-0.39, 0.29) is 11.5 Å². The first-order valence-corrected chi connectivity index (χ1v) is 7.10. The Balaban J connectivity index is 1.67. The van der Waals surface area contributed by atoms with Gasteiger partial charge in [0.05, 0.1) is 0 Å². The number of aromatic amines is 1. The summed E-state index contributed by atoms with van der Waals surface area (Å²) in [6.07, 6.45) is 3.70. The van der Waals surface area contributed by atoms with E-state index in [2.05, 4.69) is 9.88 Å². The Morgan fingerprint density at radius 2 is 1.55 bits per heavy atom. The fourth-order valence-electron chi connectivity index (χ4n) is 2.62. The number of rotatable bonds is 2. The topological polar surface area (TPSA) is 37.7 Å². The summed E-state index contributed by atoms with van der Waals surface area (Å²) >= 11 is 0. The van der Waals surface area contributed by atoms with Crippen LogP contribution in [0.2, 0.25) is 0 Å². The van der Waals surface area contributed by atoms with Crippen molar-refractivity contribution in [3.05, 3.63) is 59.9 Å². The highest BCUT2D eigenvalue weighted by Gasteiger charge is 2.23. The number of hydrogen-bond donors (Lipinski definition) is 0. The van der Waals surface area contributed by atoms with Crippen molar-refractivity contribution in [2.45, 2.75) is 0 Å². The molecule has 1 fully saturated rings. The fraction of sp³-hybridized carbons (Fsp3) is 0.250. The minimum absolute atomic E-state index is 0.0558. The maximum absolute atomic E-state index is 13.2. The molecule has 0 saturated carbocycles. The molecule has 0 spiro atoms. The van der Waals surface area contributed by atoms with Crippen molar-refractivity contribution in [3.8, 4) is 0 Å². The highest BCUT2D eigenvalue weighted by atomic mass is 19.1. The van der Waals surface area contributed by atoms with E-state index in [1.807, 2.05) is 24.5 Å². The van der Waals surface area contributed by atoms with Crippen LogP contribution in [0.4, 0.5) is 14.5 Å². The number of nitrogens with one attached hydrogen (secondary N) is 1. The molecule has 6 heteroatoms. The van der Waals surface area contributed by atoms with Crippen molar-refractivity contribution < 1.29 is 18.6 Å². The zero-order valence-corrected chi connectivity index (χ0v) is 11.9. The predicted octanol–water partition coefficient (Wildman–Crippen LogP) is 1.74. The summed E-state index contributed by atoms with van der Waals surface area (Å²) in [5.74, 6) is -1.80. The fourth-order valence-corrected chi connectivity index (χ4v) is 2.62. The summed E-state index contributed by atoms with van der Waals surface area (Å²) in [4.78, 5) is 19.1. The Morgan fingerprint density at radius 3 is 2.14 bits per heavy atom. The zero-order chi connectivity index (χ0) is 15.5. The van der Waals surface area contributed by atoms with Gasteiger partial charge >= 0.3 is 0 Å². The molecule has 1 aliphatic heterocycles. The van der Waals surface area contributed by atoms with Crippen LogP contribution < -0.4 is 9.88 Å². The zero-order valence-electron chi connectivity index (χ0n) is 11.9. The Labute approximate surface area is 127 Å². The Kier molecular flexibility index (Phi) is 4.00. The van der Waals surface area contributed by atoms with Gasteiger partial charge in [0.25, 0.3) is 5.91 Å². The average Bonchev–Trinajstić information content (AvgIpc) is 2.54. The van der Waals surface area contributed by atoms with E-state index in [0.717, 1.165) is 23.9 Å². The van der Waals surface area contributed by atoms with Crippen LogP contribution >= 0.6 is 0 Å². The van der Waals surface area contributed by atoms with Crippen molar-refractivity contribution in [1.29, 1.82) is 0 Å². The van der Waals surface area contributed by atoms with Crippen LogP contribution in [0.25, 0.3) is 0 Å². The van der Waals surface area contributed by atoms with Crippen LogP contribution in [0.3, 0.4) is 0 Å². The standard InChI is InChI=1S/C16H15F2N3O/c17-13-9-12(10-14(18)11-13)16(22)21-7-5-20(6-8-21)15-1-3-19-4-2-15/h1-4,9-11H,5-8H2/p+1. The molecule has 0 atom stereocenters. The van der Waals surface area contributed by atoms with Gasteiger partial charge in [-0.1, -0.05) is 0 Å². The number of aromatic nitrogens is 1. The van der Waals surface area contributed by atoms with Crippen molar-refractivity contribution in [2.75, 3.05) is 31.1 Å². The minimum Gasteiger partial charge on any atom is -0.368 e. The van der Waals surface area contributed by atoms with Crippen LogP contribution in [0.1, 0.15) is 10.4 Å². The highest BCUT2D eigenvalue weighted by molar-refractivity contribution is 5.94. The van der Waals surface area contributed by atoms with Crippen LogP contribution in [-0.2, 0) is 0 Å².